The maximum Gasteiger partial charge on any atom is 0.190 e. The summed E-state index contributed by atoms with van der Waals surface area (Å²) in [5.41, 5.74) is 2.52. The molecular formula is C23H36IN5OS. The highest BCUT2D eigenvalue weighted by atomic mass is 127. The molecule has 172 valence electrons. The number of piperidine rings is 1. The quantitative estimate of drug-likeness (QED) is 0.278. The zero-order valence-corrected chi connectivity index (χ0v) is 22.0. The molecule has 0 bridgehead atoms. The largest absolute Gasteiger partial charge is 0.497 e. The average Bonchev–Trinajstić information content (AvgIpc) is 3.25. The molecule has 1 aromatic carbocycles. The second-order valence-corrected chi connectivity index (χ2v) is 8.73. The van der Waals surface area contributed by atoms with E-state index in [1.54, 1.807) is 18.4 Å². The number of aliphatic imine (C=N–C) groups is 1. The Morgan fingerprint density at radius 1 is 1.23 bits per heavy atom. The molecule has 2 heterocycles. The molecule has 0 unspecified atom stereocenters. The van der Waals surface area contributed by atoms with Crippen molar-refractivity contribution in [1.82, 2.24) is 20.5 Å². The van der Waals surface area contributed by atoms with E-state index in [1.165, 1.54) is 29.1 Å². The SMILES string of the molecule is CCc1nc(CN2CCC(CNC(=NC)NCCc3ccc(OC)cc3)CC2)cs1.I. The minimum absolute atomic E-state index is 0. The molecule has 8 heteroatoms. The lowest BCUT2D eigenvalue weighted by Crippen LogP contribution is -2.43. The number of ether oxygens (including phenoxy) is 1. The summed E-state index contributed by atoms with van der Waals surface area (Å²) < 4.78 is 5.21. The van der Waals surface area contributed by atoms with Crippen molar-refractivity contribution in [3.63, 3.8) is 0 Å². The van der Waals surface area contributed by atoms with Crippen LogP contribution in [0.25, 0.3) is 0 Å². The molecule has 1 fully saturated rings. The summed E-state index contributed by atoms with van der Waals surface area (Å²) in [5, 5.41) is 10.4. The van der Waals surface area contributed by atoms with Gasteiger partial charge in [0.1, 0.15) is 5.75 Å². The van der Waals surface area contributed by atoms with Crippen LogP contribution in [0.3, 0.4) is 0 Å². The fourth-order valence-electron chi connectivity index (χ4n) is 3.74. The van der Waals surface area contributed by atoms with E-state index in [4.69, 9.17) is 9.72 Å². The van der Waals surface area contributed by atoms with Crippen LogP contribution >= 0.6 is 35.3 Å². The number of aromatic nitrogens is 1. The van der Waals surface area contributed by atoms with Gasteiger partial charge in [-0.15, -0.1) is 35.3 Å². The molecule has 0 amide bonds. The summed E-state index contributed by atoms with van der Waals surface area (Å²) in [6.07, 6.45) is 4.44. The van der Waals surface area contributed by atoms with Crippen LogP contribution in [-0.4, -0.2) is 56.2 Å². The highest BCUT2D eigenvalue weighted by Gasteiger charge is 2.20. The molecule has 6 nitrogen and oxygen atoms in total. The van der Waals surface area contributed by atoms with Crippen LogP contribution in [0.1, 0.15) is 36.0 Å². The number of thiazole rings is 1. The van der Waals surface area contributed by atoms with Crippen LogP contribution in [0, 0.1) is 5.92 Å². The number of hydrogen-bond donors (Lipinski definition) is 2. The van der Waals surface area contributed by atoms with Crippen molar-refractivity contribution < 1.29 is 4.74 Å². The second kappa shape index (κ2) is 13.9. The van der Waals surface area contributed by atoms with Gasteiger partial charge in [-0.2, -0.15) is 0 Å². The number of nitrogens with zero attached hydrogens (tertiary/aromatic N) is 3. The summed E-state index contributed by atoms with van der Waals surface area (Å²) in [4.78, 5) is 11.6. The van der Waals surface area contributed by atoms with Crippen molar-refractivity contribution in [2.75, 3.05) is 40.3 Å². The Bertz CT molecular complexity index is 788. The molecule has 0 atom stereocenters. The third-order valence-corrected chi connectivity index (χ3v) is 6.68. The first-order valence-electron chi connectivity index (χ1n) is 10.9. The average molecular weight is 558 g/mol. The number of nitrogens with one attached hydrogen (secondary N) is 2. The number of benzene rings is 1. The van der Waals surface area contributed by atoms with E-state index in [2.05, 4.69) is 45.0 Å². The molecule has 1 aliphatic heterocycles. The van der Waals surface area contributed by atoms with E-state index >= 15 is 0 Å². The standard InChI is InChI=1S/C23H35N5OS.HI/c1-4-22-27-20(17-30-22)16-28-13-10-19(11-14-28)15-26-23(24-2)25-12-9-18-5-7-21(29-3)8-6-18;/h5-8,17,19H,4,9-16H2,1-3H3,(H2,24,25,26);1H. The fraction of sp³-hybridized carbons (Fsp3) is 0.565. The second-order valence-electron chi connectivity index (χ2n) is 7.78. The van der Waals surface area contributed by atoms with E-state index < -0.39 is 0 Å². The monoisotopic (exact) mass is 557 g/mol. The molecule has 1 saturated heterocycles. The van der Waals surface area contributed by atoms with Gasteiger partial charge >= 0.3 is 0 Å². The highest BCUT2D eigenvalue weighted by Crippen LogP contribution is 2.19. The van der Waals surface area contributed by atoms with Crippen molar-refractivity contribution >= 4 is 41.3 Å². The van der Waals surface area contributed by atoms with E-state index in [0.29, 0.717) is 5.92 Å². The van der Waals surface area contributed by atoms with E-state index in [9.17, 15) is 0 Å². The Morgan fingerprint density at radius 3 is 2.58 bits per heavy atom. The van der Waals surface area contributed by atoms with Gasteiger partial charge in [-0.25, -0.2) is 4.98 Å². The first-order valence-corrected chi connectivity index (χ1v) is 11.8. The Kier molecular flexibility index (Phi) is 11.6. The fourth-order valence-corrected chi connectivity index (χ4v) is 4.48. The smallest absolute Gasteiger partial charge is 0.190 e. The predicted molar refractivity (Wildman–Crippen MR) is 141 cm³/mol. The number of likely N-dealkylation sites (tertiary alicyclic amines) is 1. The van der Waals surface area contributed by atoms with Gasteiger partial charge in [0, 0.05) is 32.1 Å². The lowest BCUT2D eigenvalue weighted by molar-refractivity contribution is 0.176. The van der Waals surface area contributed by atoms with Gasteiger partial charge in [0.05, 0.1) is 17.8 Å². The molecule has 31 heavy (non-hydrogen) atoms. The van der Waals surface area contributed by atoms with Crippen LogP contribution < -0.4 is 15.4 Å². The van der Waals surface area contributed by atoms with Crippen molar-refractivity contribution in [3.05, 3.63) is 45.9 Å². The van der Waals surface area contributed by atoms with Crippen LogP contribution in [0.2, 0.25) is 0 Å². The van der Waals surface area contributed by atoms with Gasteiger partial charge in [0.15, 0.2) is 5.96 Å². The number of aryl methyl sites for hydroxylation is 1. The van der Waals surface area contributed by atoms with Crippen LogP contribution in [0.4, 0.5) is 0 Å². The van der Waals surface area contributed by atoms with Crippen LogP contribution in [0.15, 0.2) is 34.6 Å². The molecule has 0 spiro atoms. The molecule has 2 N–H and O–H groups in total. The van der Waals surface area contributed by atoms with Gasteiger partial charge in [0.25, 0.3) is 0 Å². The summed E-state index contributed by atoms with van der Waals surface area (Å²) in [6, 6.07) is 8.23. The number of halogens is 1. The topological polar surface area (TPSA) is 61.8 Å². The van der Waals surface area contributed by atoms with Crippen molar-refractivity contribution in [3.8, 4) is 5.75 Å². The lowest BCUT2D eigenvalue weighted by atomic mass is 9.97. The summed E-state index contributed by atoms with van der Waals surface area (Å²) in [7, 11) is 3.53. The van der Waals surface area contributed by atoms with Crippen LogP contribution in [-0.2, 0) is 19.4 Å². The molecule has 0 saturated carbocycles. The molecule has 3 rings (SSSR count). The number of methoxy groups -OCH3 is 1. The van der Waals surface area contributed by atoms with Crippen molar-refractivity contribution in [1.29, 1.82) is 0 Å². The Balaban J connectivity index is 0.00000341. The third-order valence-electron chi connectivity index (χ3n) is 5.64. The van der Waals surface area contributed by atoms with Gasteiger partial charge < -0.3 is 15.4 Å². The van der Waals surface area contributed by atoms with Crippen LogP contribution in [0.5, 0.6) is 5.75 Å². The minimum Gasteiger partial charge on any atom is -0.497 e. The Hall–Kier alpha value is -1.39. The van der Waals surface area contributed by atoms with E-state index in [0.717, 1.165) is 57.3 Å². The van der Waals surface area contributed by atoms with Crippen molar-refractivity contribution in [2.45, 2.75) is 39.2 Å². The molecule has 1 aliphatic rings. The van der Waals surface area contributed by atoms with E-state index in [1.807, 2.05) is 19.2 Å². The van der Waals surface area contributed by atoms with Crippen molar-refractivity contribution in [2.24, 2.45) is 10.9 Å². The third kappa shape index (κ3) is 8.57. The van der Waals surface area contributed by atoms with Gasteiger partial charge in [-0.05, 0) is 62.4 Å². The summed E-state index contributed by atoms with van der Waals surface area (Å²) in [6.45, 7) is 7.29. The summed E-state index contributed by atoms with van der Waals surface area (Å²) >= 11 is 1.79. The summed E-state index contributed by atoms with van der Waals surface area (Å²) in [5.74, 6) is 2.48. The first kappa shape index (κ1) is 25.9. The normalized spacial score (nSPS) is 15.4. The maximum atomic E-state index is 5.21. The molecular weight excluding hydrogens is 521 g/mol. The van der Waals surface area contributed by atoms with Gasteiger partial charge in [-0.3, -0.25) is 9.89 Å². The Labute approximate surface area is 207 Å². The minimum atomic E-state index is 0. The number of hydrogen-bond acceptors (Lipinski definition) is 5. The van der Waals surface area contributed by atoms with Gasteiger partial charge in [-0.1, -0.05) is 19.1 Å². The predicted octanol–water partition coefficient (Wildman–Crippen LogP) is 3.95. The Morgan fingerprint density at radius 2 is 1.97 bits per heavy atom. The first-order chi connectivity index (χ1) is 14.7. The molecule has 0 aliphatic carbocycles. The van der Waals surface area contributed by atoms with E-state index in [-0.39, 0.29) is 24.0 Å². The molecule has 1 aromatic heterocycles. The zero-order chi connectivity index (χ0) is 21.2. The highest BCUT2D eigenvalue weighted by molar-refractivity contribution is 14.0. The molecule has 0 radical (unpaired) electrons. The lowest BCUT2D eigenvalue weighted by Gasteiger charge is -2.31. The van der Waals surface area contributed by atoms with Gasteiger partial charge in [0.2, 0.25) is 0 Å². The number of rotatable bonds is 9. The molecule has 2 aromatic rings. The zero-order valence-electron chi connectivity index (χ0n) is 18.9. The number of guanidine groups is 1. The maximum absolute atomic E-state index is 5.21.